The Morgan fingerprint density at radius 1 is 1.45 bits per heavy atom. The number of aromatic nitrogens is 2. The summed E-state index contributed by atoms with van der Waals surface area (Å²) in [7, 11) is 2.86. The number of hydrogen-bond donors (Lipinski definition) is 2. The van der Waals surface area contributed by atoms with E-state index in [0.29, 0.717) is 0 Å². The first-order valence-corrected chi connectivity index (χ1v) is 6.76. The van der Waals surface area contributed by atoms with Crippen molar-refractivity contribution in [3.63, 3.8) is 0 Å². The molecule has 0 atom stereocenters. The molecule has 0 aliphatic carbocycles. The summed E-state index contributed by atoms with van der Waals surface area (Å²) in [6.07, 6.45) is -0.533. The summed E-state index contributed by atoms with van der Waals surface area (Å²) in [5.41, 5.74) is 5.32. The number of amides is 2. The smallest absolute Gasteiger partial charge is 0.407 e. The number of rotatable bonds is 5. The van der Waals surface area contributed by atoms with Gasteiger partial charge >= 0.3 is 6.09 Å². The minimum absolute atomic E-state index is 0.213. The van der Waals surface area contributed by atoms with Gasteiger partial charge in [-0.2, -0.15) is 5.10 Å². The van der Waals surface area contributed by atoms with Crippen LogP contribution in [-0.2, 0) is 16.1 Å². The molecule has 0 unspecified atom stereocenters. The second kappa shape index (κ2) is 7.12. The van der Waals surface area contributed by atoms with E-state index in [9.17, 15) is 9.59 Å². The number of hydrogen-bond acceptors (Lipinski definition) is 6. The molecule has 0 aromatic carbocycles. The van der Waals surface area contributed by atoms with Gasteiger partial charge in [0.2, 0.25) is 0 Å². The highest BCUT2D eigenvalue weighted by atomic mass is 16.7. The monoisotopic (exact) mass is 313 g/mol. The average molecular weight is 313 g/mol. The van der Waals surface area contributed by atoms with E-state index in [0.717, 1.165) is 5.06 Å². The van der Waals surface area contributed by atoms with Crippen molar-refractivity contribution < 1.29 is 19.2 Å². The minimum atomic E-state index is -0.567. The maximum Gasteiger partial charge on any atom is 0.407 e. The zero-order chi connectivity index (χ0) is 16.9. The summed E-state index contributed by atoms with van der Waals surface area (Å²) in [6.45, 7) is 5.84. The van der Waals surface area contributed by atoms with Crippen molar-refractivity contribution in [2.45, 2.75) is 32.9 Å². The van der Waals surface area contributed by atoms with Crippen LogP contribution in [0.2, 0.25) is 0 Å². The van der Waals surface area contributed by atoms with Crippen LogP contribution in [0.5, 0.6) is 0 Å². The average Bonchev–Trinajstić information content (AvgIpc) is 2.76. The number of carbonyl (C=O) groups is 2. The highest BCUT2D eigenvalue weighted by Crippen LogP contribution is 2.09. The summed E-state index contributed by atoms with van der Waals surface area (Å²) in [4.78, 5) is 28.5. The fourth-order valence-corrected chi connectivity index (χ4v) is 1.60. The summed E-state index contributed by atoms with van der Waals surface area (Å²) in [6, 6.07) is 1.45. The van der Waals surface area contributed by atoms with Gasteiger partial charge < -0.3 is 15.8 Å². The van der Waals surface area contributed by atoms with Crippen LogP contribution in [0, 0.1) is 0 Å². The number of nitrogen functional groups attached to an aromatic ring is 1. The maximum absolute atomic E-state index is 12.1. The molecule has 1 aromatic rings. The summed E-state index contributed by atoms with van der Waals surface area (Å²) in [5.74, 6) is -0.172. The maximum atomic E-state index is 12.1. The lowest BCUT2D eigenvalue weighted by molar-refractivity contribution is -0.0763. The fourth-order valence-electron chi connectivity index (χ4n) is 1.60. The summed E-state index contributed by atoms with van der Waals surface area (Å²) < 4.78 is 6.52. The molecule has 0 aliphatic heterocycles. The van der Waals surface area contributed by atoms with Crippen LogP contribution in [0.1, 0.15) is 31.3 Å². The second-order valence-corrected chi connectivity index (χ2v) is 5.59. The molecule has 124 valence electrons. The predicted octanol–water partition coefficient (Wildman–Crippen LogP) is 0.623. The van der Waals surface area contributed by atoms with Crippen LogP contribution < -0.4 is 11.1 Å². The standard InChI is InChI=1S/C13H23N5O4/c1-13(2,3)22-12(20)15-6-7-18-9(8-10(14)16-18)11(19)17(4)21-5/h8H,6-7H2,1-5H3,(H2,14,16)(H,15,20). The second-order valence-electron chi connectivity index (χ2n) is 5.59. The number of alkyl carbamates (subject to hydrolysis) is 1. The highest BCUT2D eigenvalue weighted by Gasteiger charge is 2.19. The van der Waals surface area contributed by atoms with Crippen LogP contribution in [0.25, 0.3) is 0 Å². The third kappa shape index (κ3) is 5.24. The van der Waals surface area contributed by atoms with E-state index in [1.165, 1.54) is 24.9 Å². The minimum Gasteiger partial charge on any atom is -0.444 e. The number of nitrogens with two attached hydrogens (primary N) is 1. The first kappa shape index (κ1) is 17.8. The Kier molecular flexibility index (Phi) is 5.75. The van der Waals surface area contributed by atoms with Gasteiger partial charge in [0, 0.05) is 19.7 Å². The van der Waals surface area contributed by atoms with Crippen molar-refractivity contribution in [3.8, 4) is 0 Å². The van der Waals surface area contributed by atoms with Crippen molar-refractivity contribution >= 4 is 17.8 Å². The topological polar surface area (TPSA) is 112 Å². The first-order valence-electron chi connectivity index (χ1n) is 6.76. The molecule has 1 aromatic heterocycles. The Bertz CT molecular complexity index is 535. The van der Waals surface area contributed by atoms with Gasteiger partial charge in [-0.15, -0.1) is 0 Å². The molecule has 22 heavy (non-hydrogen) atoms. The predicted molar refractivity (Wildman–Crippen MR) is 80.0 cm³/mol. The summed E-state index contributed by atoms with van der Waals surface area (Å²) >= 11 is 0. The Balaban J connectivity index is 2.63. The molecule has 1 rings (SSSR count). The molecule has 0 bridgehead atoms. The number of carbonyl (C=O) groups excluding carboxylic acids is 2. The van der Waals surface area contributed by atoms with Gasteiger partial charge in [-0.05, 0) is 20.8 Å². The molecule has 1 heterocycles. The SMILES string of the molecule is CON(C)C(=O)c1cc(N)nn1CCNC(=O)OC(C)(C)C. The molecule has 0 fully saturated rings. The van der Waals surface area contributed by atoms with Gasteiger partial charge in [-0.1, -0.05) is 0 Å². The Morgan fingerprint density at radius 3 is 2.64 bits per heavy atom. The molecule has 3 N–H and O–H groups in total. The molecule has 9 heteroatoms. The number of ether oxygens (including phenoxy) is 1. The molecule has 2 amide bonds. The van der Waals surface area contributed by atoms with E-state index in [-0.39, 0.29) is 30.5 Å². The van der Waals surface area contributed by atoms with Gasteiger partial charge in [0.25, 0.3) is 5.91 Å². The Hall–Kier alpha value is -2.29. The van der Waals surface area contributed by atoms with Crippen molar-refractivity contribution in [3.05, 3.63) is 11.8 Å². The van der Waals surface area contributed by atoms with Crippen molar-refractivity contribution in [1.29, 1.82) is 0 Å². The first-order chi connectivity index (χ1) is 10.1. The number of nitrogens with zero attached hydrogens (tertiary/aromatic N) is 3. The zero-order valence-electron chi connectivity index (χ0n) is 13.5. The molecule has 9 nitrogen and oxygen atoms in total. The highest BCUT2D eigenvalue weighted by molar-refractivity contribution is 5.92. The Morgan fingerprint density at radius 2 is 2.09 bits per heavy atom. The molecular formula is C13H23N5O4. The molecular weight excluding hydrogens is 290 g/mol. The molecule has 0 saturated carbocycles. The van der Waals surface area contributed by atoms with Crippen molar-refractivity contribution in [2.75, 3.05) is 26.4 Å². The lowest BCUT2D eigenvalue weighted by atomic mass is 10.2. The van der Waals surface area contributed by atoms with E-state index >= 15 is 0 Å². The number of nitrogens with one attached hydrogen (secondary N) is 1. The van der Waals surface area contributed by atoms with Gasteiger partial charge in [0.1, 0.15) is 17.1 Å². The quantitative estimate of drug-likeness (QED) is 0.771. The van der Waals surface area contributed by atoms with Crippen LogP contribution in [0.4, 0.5) is 10.6 Å². The third-order valence-electron chi connectivity index (χ3n) is 2.57. The molecule has 0 spiro atoms. The van der Waals surface area contributed by atoms with Crippen molar-refractivity contribution in [1.82, 2.24) is 20.2 Å². The van der Waals surface area contributed by atoms with E-state index < -0.39 is 11.7 Å². The Labute approximate surface area is 129 Å². The van der Waals surface area contributed by atoms with E-state index in [4.69, 9.17) is 15.3 Å². The van der Waals surface area contributed by atoms with Crippen LogP contribution in [-0.4, -0.2) is 53.1 Å². The van der Waals surface area contributed by atoms with Crippen LogP contribution in [0.15, 0.2) is 6.07 Å². The number of anilines is 1. The third-order valence-corrected chi connectivity index (χ3v) is 2.57. The number of hydroxylamine groups is 2. The van der Waals surface area contributed by atoms with Gasteiger partial charge in [-0.25, -0.2) is 9.86 Å². The largest absolute Gasteiger partial charge is 0.444 e. The summed E-state index contributed by atoms with van der Waals surface area (Å²) in [5, 5.41) is 7.67. The van der Waals surface area contributed by atoms with Gasteiger partial charge in [-0.3, -0.25) is 14.3 Å². The van der Waals surface area contributed by atoms with Gasteiger partial charge in [0.15, 0.2) is 0 Å². The lowest BCUT2D eigenvalue weighted by Gasteiger charge is -2.19. The van der Waals surface area contributed by atoms with Gasteiger partial charge in [0.05, 0.1) is 13.7 Å². The fraction of sp³-hybridized carbons (Fsp3) is 0.615. The van der Waals surface area contributed by atoms with E-state index in [2.05, 4.69) is 10.4 Å². The molecule has 0 radical (unpaired) electrons. The molecule has 0 aliphatic rings. The van der Waals surface area contributed by atoms with E-state index in [1.54, 1.807) is 20.8 Å². The van der Waals surface area contributed by atoms with Crippen LogP contribution >= 0.6 is 0 Å². The van der Waals surface area contributed by atoms with E-state index in [1.807, 2.05) is 0 Å². The lowest BCUT2D eigenvalue weighted by Crippen LogP contribution is -2.35. The van der Waals surface area contributed by atoms with Crippen LogP contribution in [0.3, 0.4) is 0 Å². The normalized spacial score (nSPS) is 11.1. The zero-order valence-corrected chi connectivity index (χ0v) is 13.5. The molecule has 0 saturated heterocycles. The van der Waals surface area contributed by atoms with Crippen molar-refractivity contribution in [2.24, 2.45) is 0 Å².